The van der Waals surface area contributed by atoms with Gasteiger partial charge in [0.1, 0.15) is 12.6 Å². The summed E-state index contributed by atoms with van der Waals surface area (Å²) in [4.78, 5) is 35.6. The molecule has 0 radical (unpaired) electrons. The highest BCUT2D eigenvalue weighted by atomic mass is 16.4. The molecule has 1 aliphatic rings. The summed E-state index contributed by atoms with van der Waals surface area (Å²) in [7, 11) is 0. The summed E-state index contributed by atoms with van der Waals surface area (Å²) in [6, 6.07) is -1.54. The molecule has 1 fully saturated rings. The minimum absolute atomic E-state index is 0.0352. The lowest BCUT2D eigenvalue weighted by atomic mass is 10.0. The number of carboxylic acid groups (broad SMARTS) is 1. The van der Waals surface area contributed by atoms with E-state index in [1.165, 1.54) is 0 Å². The molecule has 0 aromatic heterocycles. The Bertz CT molecular complexity index is 370. The van der Waals surface area contributed by atoms with E-state index in [-0.39, 0.29) is 31.0 Å². The molecule has 3 N–H and O–H groups in total. The maximum Gasteiger partial charge on any atom is 0.328 e. The first kappa shape index (κ1) is 15.3. The van der Waals surface area contributed by atoms with Crippen LogP contribution in [0.4, 0.5) is 4.79 Å². The summed E-state index contributed by atoms with van der Waals surface area (Å²) >= 11 is 0. The largest absolute Gasteiger partial charge is 0.480 e. The van der Waals surface area contributed by atoms with Crippen molar-refractivity contribution in [2.24, 2.45) is 5.92 Å². The number of piperazine rings is 1. The Labute approximate surface area is 112 Å². The molecule has 0 aromatic rings. The number of carbonyl (C=O) groups excluding carboxylic acids is 2. The molecule has 2 atom stereocenters. The number of nitrogens with zero attached hydrogens (tertiary/aromatic N) is 1. The number of amides is 3. The molecule has 1 aliphatic heterocycles. The Balaban J connectivity index is 2.76. The quantitative estimate of drug-likeness (QED) is 0.671. The average Bonchev–Trinajstić information content (AvgIpc) is 2.34. The number of aliphatic carboxylic acids is 1. The first-order valence-corrected chi connectivity index (χ1v) is 6.43. The van der Waals surface area contributed by atoms with Crippen LogP contribution in [0.25, 0.3) is 0 Å². The highest BCUT2D eigenvalue weighted by molar-refractivity contribution is 5.90. The highest BCUT2D eigenvalue weighted by Crippen LogP contribution is 2.09. The molecule has 0 saturated carbocycles. The molecule has 0 aliphatic carbocycles. The van der Waals surface area contributed by atoms with Gasteiger partial charge in [0.05, 0.1) is 0 Å². The van der Waals surface area contributed by atoms with Gasteiger partial charge < -0.3 is 15.7 Å². The van der Waals surface area contributed by atoms with Crippen molar-refractivity contribution >= 4 is 17.9 Å². The van der Waals surface area contributed by atoms with Crippen LogP contribution in [0.3, 0.4) is 0 Å². The number of hydrogen-bond donors (Lipinski definition) is 3. The fraction of sp³-hybridized carbons (Fsp3) is 0.750. The zero-order valence-corrected chi connectivity index (χ0v) is 11.5. The molecule has 3 amide bonds. The van der Waals surface area contributed by atoms with E-state index in [1.54, 1.807) is 0 Å². The second-order valence-electron chi connectivity index (χ2n) is 4.99. The second kappa shape index (κ2) is 6.40. The molecule has 1 rings (SSSR count). The topological polar surface area (TPSA) is 98.7 Å². The normalized spacial score (nSPS) is 20.9. The molecule has 7 nitrogen and oxygen atoms in total. The van der Waals surface area contributed by atoms with E-state index in [0.717, 1.165) is 11.3 Å². The van der Waals surface area contributed by atoms with Crippen LogP contribution in [0.1, 0.15) is 27.2 Å². The van der Waals surface area contributed by atoms with Crippen molar-refractivity contribution in [2.75, 3.05) is 13.1 Å². The molecule has 1 saturated heterocycles. The molecule has 0 aromatic carbocycles. The standard InChI is InChI=1S/C12H21N3O4/c1-4-8(7(2)3)14-12(19)15-6-10(16)13-5-9(15)11(17)18/h7-9H,4-6H2,1-3H3,(H,13,16)(H,14,19)(H,17,18). The van der Waals surface area contributed by atoms with Gasteiger partial charge in [-0.25, -0.2) is 9.59 Å². The fourth-order valence-corrected chi connectivity index (χ4v) is 2.06. The molecule has 108 valence electrons. The van der Waals surface area contributed by atoms with Gasteiger partial charge in [-0.15, -0.1) is 0 Å². The van der Waals surface area contributed by atoms with E-state index in [1.807, 2.05) is 20.8 Å². The Morgan fingerprint density at radius 3 is 2.63 bits per heavy atom. The number of carboxylic acids is 1. The van der Waals surface area contributed by atoms with Gasteiger partial charge in [0.2, 0.25) is 5.91 Å². The monoisotopic (exact) mass is 271 g/mol. The van der Waals surface area contributed by atoms with Crippen LogP contribution in [0.15, 0.2) is 0 Å². The lowest BCUT2D eigenvalue weighted by Gasteiger charge is -2.34. The van der Waals surface area contributed by atoms with E-state index in [2.05, 4.69) is 10.6 Å². The highest BCUT2D eigenvalue weighted by Gasteiger charge is 2.35. The summed E-state index contributed by atoms with van der Waals surface area (Å²) in [5.74, 6) is -1.21. The third-order valence-corrected chi connectivity index (χ3v) is 3.28. The summed E-state index contributed by atoms with van der Waals surface area (Å²) in [6.07, 6.45) is 0.751. The molecule has 0 bridgehead atoms. The van der Waals surface area contributed by atoms with E-state index in [4.69, 9.17) is 5.11 Å². The van der Waals surface area contributed by atoms with Crippen LogP contribution in [0.5, 0.6) is 0 Å². The first-order chi connectivity index (χ1) is 8.86. The van der Waals surface area contributed by atoms with E-state index >= 15 is 0 Å². The van der Waals surface area contributed by atoms with Gasteiger partial charge in [0.25, 0.3) is 0 Å². The Kier molecular flexibility index (Phi) is 5.14. The maximum atomic E-state index is 12.1. The molecule has 7 heteroatoms. The second-order valence-corrected chi connectivity index (χ2v) is 4.99. The molecule has 19 heavy (non-hydrogen) atoms. The third kappa shape index (κ3) is 3.84. The van der Waals surface area contributed by atoms with Gasteiger partial charge in [-0.3, -0.25) is 9.69 Å². The number of rotatable bonds is 4. The Hall–Kier alpha value is -1.79. The minimum Gasteiger partial charge on any atom is -0.480 e. The minimum atomic E-state index is -1.12. The van der Waals surface area contributed by atoms with Crippen LogP contribution in [0, 0.1) is 5.92 Å². The Morgan fingerprint density at radius 2 is 2.16 bits per heavy atom. The third-order valence-electron chi connectivity index (χ3n) is 3.28. The predicted molar refractivity (Wildman–Crippen MR) is 68.6 cm³/mol. The smallest absolute Gasteiger partial charge is 0.328 e. The molecule has 0 spiro atoms. The van der Waals surface area contributed by atoms with E-state index in [9.17, 15) is 14.4 Å². The first-order valence-electron chi connectivity index (χ1n) is 6.43. The van der Waals surface area contributed by atoms with Crippen molar-refractivity contribution in [3.63, 3.8) is 0 Å². The average molecular weight is 271 g/mol. The van der Waals surface area contributed by atoms with Crippen molar-refractivity contribution < 1.29 is 19.5 Å². The van der Waals surface area contributed by atoms with Gasteiger partial charge in [-0.05, 0) is 12.3 Å². The van der Waals surface area contributed by atoms with Crippen LogP contribution >= 0.6 is 0 Å². The zero-order valence-electron chi connectivity index (χ0n) is 11.5. The maximum absolute atomic E-state index is 12.1. The fourth-order valence-electron chi connectivity index (χ4n) is 2.06. The molecular formula is C12H21N3O4. The summed E-state index contributed by atoms with van der Waals surface area (Å²) < 4.78 is 0. The van der Waals surface area contributed by atoms with Crippen LogP contribution in [-0.4, -0.2) is 53.1 Å². The molecular weight excluding hydrogens is 250 g/mol. The predicted octanol–water partition coefficient (Wildman–Crippen LogP) is 0.0156. The number of carbonyl (C=O) groups is 3. The SMILES string of the molecule is CCC(NC(=O)N1CC(=O)NCC1C(=O)O)C(C)C. The summed E-state index contributed by atoms with van der Waals surface area (Å²) in [5, 5.41) is 14.3. The Morgan fingerprint density at radius 1 is 1.53 bits per heavy atom. The van der Waals surface area contributed by atoms with Crippen LogP contribution in [-0.2, 0) is 9.59 Å². The van der Waals surface area contributed by atoms with Gasteiger partial charge in [-0.1, -0.05) is 20.8 Å². The van der Waals surface area contributed by atoms with Gasteiger partial charge >= 0.3 is 12.0 Å². The van der Waals surface area contributed by atoms with Crippen molar-refractivity contribution in [3.05, 3.63) is 0 Å². The van der Waals surface area contributed by atoms with Crippen LogP contribution in [0.2, 0.25) is 0 Å². The summed E-state index contributed by atoms with van der Waals surface area (Å²) in [6.45, 7) is 5.62. The molecule has 1 heterocycles. The number of urea groups is 1. The van der Waals surface area contributed by atoms with Crippen molar-refractivity contribution in [1.82, 2.24) is 15.5 Å². The van der Waals surface area contributed by atoms with Crippen LogP contribution < -0.4 is 10.6 Å². The molecule has 2 unspecified atom stereocenters. The number of hydrogen-bond acceptors (Lipinski definition) is 3. The lowest BCUT2D eigenvalue weighted by Crippen LogP contribution is -2.62. The lowest BCUT2D eigenvalue weighted by molar-refractivity contribution is -0.144. The summed E-state index contributed by atoms with van der Waals surface area (Å²) in [5.41, 5.74) is 0. The van der Waals surface area contributed by atoms with Gasteiger partial charge in [0.15, 0.2) is 0 Å². The van der Waals surface area contributed by atoms with E-state index < -0.39 is 18.0 Å². The zero-order chi connectivity index (χ0) is 14.6. The van der Waals surface area contributed by atoms with E-state index in [0.29, 0.717) is 0 Å². The van der Waals surface area contributed by atoms with Crippen molar-refractivity contribution in [1.29, 1.82) is 0 Å². The van der Waals surface area contributed by atoms with Gasteiger partial charge in [0, 0.05) is 12.6 Å². The number of nitrogens with one attached hydrogen (secondary N) is 2. The van der Waals surface area contributed by atoms with Gasteiger partial charge in [-0.2, -0.15) is 0 Å². The van der Waals surface area contributed by atoms with Crippen molar-refractivity contribution in [2.45, 2.75) is 39.3 Å². The van der Waals surface area contributed by atoms with Crippen molar-refractivity contribution in [3.8, 4) is 0 Å².